The van der Waals surface area contributed by atoms with E-state index in [1.54, 1.807) is 0 Å². The fraction of sp³-hybridized carbons (Fsp3) is 0.947. The number of halogens is 9. The highest BCUT2D eigenvalue weighted by Gasteiger charge is 2.68. The zero-order chi connectivity index (χ0) is 23.8. The summed E-state index contributed by atoms with van der Waals surface area (Å²) in [4.78, 5) is 10.8. The Hall–Kier alpha value is -1.16. The van der Waals surface area contributed by atoms with Gasteiger partial charge in [-0.15, -0.1) is 0 Å². The highest BCUT2D eigenvalue weighted by Crippen LogP contribution is 2.59. The lowest BCUT2D eigenvalue weighted by Gasteiger charge is -2.37. The Bertz CT molecular complexity index is 580. The van der Waals surface area contributed by atoms with Crippen molar-refractivity contribution >= 4 is 5.97 Å². The standard InChI is InChI=1S/C12H16F6.C7H11F3O2/c1-10(11(13,14)15,12(16,17)18)6-9-5-7-2-3-8(9)4-7;1-4-6(2,5(11)12-3)7(8,9)10/h7-9H,2-6H2,1H3;4H2,1-3H3. The molecule has 0 amide bonds. The van der Waals surface area contributed by atoms with Gasteiger partial charge in [-0.1, -0.05) is 13.3 Å². The first-order valence-corrected chi connectivity index (χ1v) is 9.62. The van der Waals surface area contributed by atoms with Crippen molar-refractivity contribution in [2.45, 2.75) is 77.8 Å². The summed E-state index contributed by atoms with van der Waals surface area (Å²) in [6.07, 6.45) is -13.0. The van der Waals surface area contributed by atoms with Crippen molar-refractivity contribution < 1.29 is 49.0 Å². The first-order valence-electron chi connectivity index (χ1n) is 9.62. The third kappa shape index (κ3) is 5.18. The normalized spacial score (nSPS) is 26.6. The molecule has 0 radical (unpaired) electrons. The molecule has 2 saturated carbocycles. The van der Waals surface area contributed by atoms with Crippen LogP contribution in [0.4, 0.5) is 39.5 Å². The molecule has 2 bridgehead atoms. The molecule has 0 aromatic rings. The summed E-state index contributed by atoms with van der Waals surface area (Å²) < 4.78 is 117. The molecule has 0 heterocycles. The molecule has 178 valence electrons. The van der Waals surface area contributed by atoms with Crippen LogP contribution < -0.4 is 0 Å². The van der Waals surface area contributed by atoms with Gasteiger partial charge >= 0.3 is 24.5 Å². The minimum absolute atomic E-state index is 0.0685. The Kier molecular flexibility index (Phi) is 7.85. The van der Waals surface area contributed by atoms with Crippen LogP contribution in [0.1, 0.15) is 59.3 Å². The molecule has 2 nitrogen and oxygen atoms in total. The molecule has 11 heteroatoms. The number of hydrogen-bond acceptors (Lipinski definition) is 2. The Morgan fingerprint density at radius 1 is 0.867 bits per heavy atom. The second-order valence-corrected chi connectivity index (χ2v) is 8.64. The van der Waals surface area contributed by atoms with Crippen LogP contribution in [-0.4, -0.2) is 31.6 Å². The monoisotopic (exact) mass is 458 g/mol. The van der Waals surface area contributed by atoms with Crippen LogP contribution in [0, 0.1) is 28.6 Å². The van der Waals surface area contributed by atoms with E-state index in [2.05, 4.69) is 4.74 Å². The number of hydrogen-bond donors (Lipinski definition) is 0. The third-order valence-electron chi connectivity index (χ3n) is 6.77. The number of carbonyl (C=O) groups is 1. The minimum atomic E-state index is -5.23. The fourth-order valence-corrected chi connectivity index (χ4v) is 4.23. The maximum absolute atomic E-state index is 12.8. The first-order chi connectivity index (χ1) is 13.3. The molecule has 2 aliphatic carbocycles. The highest BCUT2D eigenvalue weighted by atomic mass is 19.4. The molecule has 30 heavy (non-hydrogen) atoms. The number of rotatable bonds is 4. The molecule has 0 saturated heterocycles. The maximum atomic E-state index is 12.8. The molecule has 2 rings (SSSR count). The van der Waals surface area contributed by atoms with Crippen molar-refractivity contribution in [3.8, 4) is 0 Å². The van der Waals surface area contributed by atoms with E-state index < -0.39 is 47.7 Å². The Morgan fingerprint density at radius 2 is 1.37 bits per heavy atom. The quantitative estimate of drug-likeness (QED) is 0.332. The van der Waals surface area contributed by atoms with Gasteiger partial charge in [-0.05, 0) is 63.7 Å². The second kappa shape index (κ2) is 8.76. The summed E-state index contributed by atoms with van der Waals surface area (Å²) in [6, 6.07) is 0. The van der Waals surface area contributed by atoms with Crippen molar-refractivity contribution in [2.75, 3.05) is 7.11 Å². The van der Waals surface area contributed by atoms with E-state index in [-0.39, 0.29) is 12.3 Å². The van der Waals surface area contributed by atoms with E-state index in [4.69, 9.17) is 0 Å². The SMILES string of the molecule is CC(CC1CC2CCC1C2)(C(F)(F)F)C(F)(F)F.CCC(C)(C(=O)OC)C(F)(F)F. The van der Waals surface area contributed by atoms with Crippen LogP contribution in [0.25, 0.3) is 0 Å². The number of fused-ring (bicyclic) bond motifs is 2. The van der Waals surface area contributed by atoms with Gasteiger partial charge in [0.25, 0.3) is 0 Å². The summed E-state index contributed by atoms with van der Waals surface area (Å²) in [6.45, 7) is 2.43. The van der Waals surface area contributed by atoms with Crippen molar-refractivity contribution in [1.29, 1.82) is 0 Å². The number of ether oxygens (including phenoxy) is 1. The van der Waals surface area contributed by atoms with Crippen LogP contribution in [0.5, 0.6) is 0 Å². The molecule has 2 fully saturated rings. The highest BCUT2D eigenvalue weighted by molar-refractivity contribution is 5.77. The van der Waals surface area contributed by atoms with Crippen LogP contribution in [0.15, 0.2) is 0 Å². The topological polar surface area (TPSA) is 26.3 Å². The third-order valence-corrected chi connectivity index (χ3v) is 6.77. The molecule has 4 unspecified atom stereocenters. The van der Waals surface area contributed by atoms with Gasteiger partial charge in [0.05, 0.1) is 7.11 Å². The van der Waals surface area contributed by atoms with Gasteiger partial charge in [-0.25, -0.2) is 0 Å². The Labute approximate surface area is 169 Å². The average molecular weight is 458 g/mol. The van der Waals surface area contributed by atoms with Crippen LogP contribution in [0.2, 0.25) is 0 Å². The van der Waals surface area contributed by atoms with Crippen LogP contribution in [0.3, 0.4) is 0 Å². The summed E-state index contributed by atoms with van der Waals surface area (Å²) in [5.74, 6) is -1.24. The van der Waals surface area contributed by atoms with Gasteiger partial charge in [0.1, 0.15) is 0 Å². The molecule has 0 aromatic heterocycles. The second-order valence-electron chi connectivity index (χ2n) is 8.64. The summed E-state index contributed by atoms with van der Waals surface area (Å²) >= 11 is 0. The molecule has 0 N–H and O–H groups in total. The number of esters is 1. The number of carbonyl (C=O) groups excluding carboxylic acids is 1. The van der Waals surface area contributed by atoms with E-state index in [0.717, 1.165) is 33.3 Å². The molecular formula is C19H27F9O2. The van der Waals surface area contributed by atoms with Gasteiger partial charge in [0.2, 0.25) is 0 Å². The van der Waals surface area contributed by atoms with E-state index in [1.165, 1.54) is 6.92 Å². The van der Waals surface area contributed by atoms with Crippen molar-refractivity contribution in [3.63, 3.8) is 0 Å². The lowest BCUT2D eigenvalue weighted by Crippen LogP contribution is -2.49. The van der Waals surface area contributed by atoms with Crippen molar-refractivity contribution in [1.82, 2.24) is 0 Å². The largest absolute Gasteiger partial charge is 0.468 e. The molecule has 0 spiro atoms. The predicted octanol–water partition coefficient (Wildman–Crippen LogP) is 7.08. The fourth-order valence-electron chi connectivity index (χ4n) is 4.23. The summed E-state index contributed by atoms with van der Waals surface area (Å²) in [7, 11) is 0.946. The average Bonchev–Trinajstić information content (AvgIpc) is 3.20. The van der Waals surface area contributed by atoms with E-state index in [1.807, 2.05) is 0 Å². The zero-order valence-electron chi connectivity index (χ0n) is 17.2. The molecule has 2 aliphatic rings. The Morgan fingerprint density at radius 3 is 1.60 bits per heavy atom. The Balaban J connectivity index is 0.000000329. The van der Waals surface area contributed by atoms with E-state index in [0.29, 0.717) is 19.3 Å². The summed E-state index contributed by atoms with van der Waals surface area (Å²) in [5, 5.41) is 0. The molecule has 4 atom stereocenters. The van der Waals surface area contributed by atoms with Gasteiger partial charge in [0.15, 0.2) is 10.8 Å². The van der Waals surface area contributed by atoms with E-state index >= 15 is 0 Å². The van der Waals surface area contributed by atoms with E-state index in [9.17, 15) is 44.3 Å². The van der Waals surface area contributed by atoms with Crippen LogP contribution in [-0.2, 0) is 9.53 Å². The van der Waals surface area contributed by atoms with Crippen molar-refractivity contribution in [2.24, 2.45) is 28.6 Å². The maximum Gasteiger partial charge on any atom is 0.404 e. The van der Waals surface area contributed by atoms with Gasteiger partial charge < -0.3 is 4.74 Å². The zero-order valence-corrected chi connectivity index (χ0v) is 17.2. The van der Waals surface area contributed by atoms with Gasteiger partial charge in [-0.3, -0.25) is 4.79 Å². The van der Waals surface area contributed by atoms with Gasteiger partial charge in [0, 0.05) is 0 Å². The molecule has 0 aromatic carbocycles. The smallest absolute Gasteiger partial charge is 0.404 e. The summed E-state index contributed by atoms with van der Waals surface area (Å²) in [5.41, 5.74) is -5.93. The van der Waals surface area contributed by atoms with Crippen LogP contribution >= 0.6 is 0 Å². The minimum Gasteiger partial charge on any atom is -0.468 e. The number of methoxy groups -OCH3 is 1. The lowest BCUT2D eigenvalue weighted by molar-refractivity contribution is -0.340. The predicted molar refractivity (Wildman–Crippen MR) is 90.2 cm³/mol. The van der Waals surface area contributed by atoms with Gasteiger partial charge in [-0.2, -0.15) is 39.5 Å². The molecule has 0 aliphatic heterocycles. The lowest BCUT2D eigenvalue weighted by atomic mass is 9.74. The number of alkyl halides is 9. The molecular weight excluding hydrogens is 431 g/mol. The first kappa shape index (κ1) is 26.9. The van der Waals surface area contributed by atoms with Crippen molar-refractivity contribution in [3.05, 3.63) is 0 Å².